The molecule has 0 saturated carbocycles. The number of hydrogen-bond donors (Lipinski definition) is 0. The van der Waals surface area contributed by atoms with Crippen LogP contribution in [0.3, 0.4) is 0 Å². The fraction of sp³-hybridized carbons (Fsp3) is 0.348. The van der Waals surface area contributed by atoms with Gasteiger partial charge in [-0.25, -0.2) is 0 Å². The summed E-state index contributed by atoms with van der Waals surface area (Å²) in [5.41, 5.74) is 2.21. The maximum absolute atomic E-state index is 12.8. The first kappa shape index (κ1) is 19.7. The van der Waals surface area contributed by atoms with Crippen LogP contribution in [0.5, 0.6) is 0 Å². The van der Waals surface area contributed by atoms with E-state index in [-0.39, 0.29) is 5.91 Å². The Morgan fingerprint density at radius 3 is 2.48 bits per heavy atom. The standard InChI is InChI=1S/C23H26N4OS/c1-18-10-8-9-15-26(18)21(28)17-29-23-25-24-22(20-13-6-3-7-14-20)27(23)16-19-11-4-2-5-12-19/h2-7,11-14,18H,8-10,15-17H2,1H3. The van der Waals surface area contributed by atoms with Crippen LogP contribution in [0.25, 0.3) is 11.4 Å². The second kappa shape index (κ2) is 9.27. The Labute approximate surface area is 176 Å². The molecule has 1 unspecified atom stereocenters. The summed E-state index contributed by atoms with van der Waals surface area (Å²) in [7, 11) is 0. The molecule has 1 amide bonds. The minimum atomic E-state index is 0.192. The smallest absolute Gasteiger partial charge is 0.233 e. The van der Waals surface area contributed by atoms with Crippen molar-refractivity contribution in [2.45, 2.75) is 43.9 Å². The fourth-order valence-electron chi connectivity index (χ4n) is 3.78. The van der Waals surface area contributed by atoms with Crippen molar-refractivity contribution in [2.75, 3.05) is 12.3 Å². The third-order valence-corrected chi connectivity index (χ3v) is 6.33. The summed E-state index contributed by atoms with van der Waals surface area (Å²) in [4.78, 5) is 14.8. The number of thioether (sulfide) groups is 1. The van der Waals surface area contributed by atoms with Crippen LogP contribution >= 0.6 is 11.8 Å². The lowest BCUT2D eigenvalue weighted by molar-refractivity contribution is -0.131. The Morgan fingerprint density at radius 1 is 1.03 bits per heavy atom. The largest absolute Gasteiger partial charge is 0.339 e. The van der Waals surface area contributed by atoms with Crippen molar-refractivity contribution in [3.8, 4) is 11.4 Å². The first-order valence-corrected chi connectivity index (χ1v) is 11.2. The average molecular weight is 407 g/mol. The molecule has 3 aromatic rings. The zero-order valence-corrected chi connectivity index (χ0v) is 17.5. The first-order valence-electron chi connectivity index (χ1n) is 10.2. The van der Waals surface area contributed by atoms with Gasteiger partial charge < -0.3 is 4.90 Å². The van der Waals surface area contributed by atoms with Gasteiger partial charge in [0.25, 0.3) is 0 Å². The van der Waals surface area contributed by atoms with Gasteiger partial charge in [0.1, 0.15) is 0 Å². The highest BCUT2D eigenvalue weighted by Crippen LogP contribution is 2.26. The molecule has 150 valence electrons. The van der Waals surface area contributed by atoms with E-state index in [0.717, 1.165) is 35.9 Å². The molecular formula is C23H26N4OS. The van der Waals surface area contributed by atoms with E-state index in [0.29, 0.717) is 18.3 Å². The average Bonchev–Trinajstić information content (AvgIpc) is 3.16. The van der Waals surface area contributed by atoms with E-state index < -0.39 is 0 Å². The molecule has 1 aliphatic rings. The van der Waals surface area contributed by atoms with Gasteiger partial charge in [0.2, 0.25) is 5.91 Å². The lowest BCUT2D eigenvalue weighted by atomic mass is 10.0. The Morgan fingerprint density at radius 2 is 1.76 bits per heavy atom. The summed E-state index contributed by atoms with van der Waals surface area (Å²) in [6, 6.07) is 20.7. The predicted molar refractivity (Wildman–Crippen MR) is 117 cm³/mol. The van der Waals surface area contributed by atoms with Gasteiger partial charge in [0.05, 0.1) is 12.3 Å². The number of nitrogens with zero attached hydrogens (tertiary/aromatic N) is 4. The Balaban J connectivity index is 1.56. The van der Waals surface area contributed by atoms with Crippen molar-refractivity contribution in [3.63, 3.8) is 0 Å². The fourth-order valence-corrected chi connectivity index (χ4v) is 4.61. The normalized spacial score (nSPS) is 16.7. The minimum Gasteiger partial charge on any atom is -0.339 e. The summed E-state index contributed by atoms with van der Waals surface area (Å²) in [5.74, 6) is 1.42. The molecule has 1 saturated heterocycles. The van der Waals surface area contributed by atoms with E-state index in [9.17, 15) is 4.79 Å². The maximum Gasteiger partial charge on any atom is 0.233 e. The zero-order chi connectivity index (χ0) is 20.1. The lowest BCUT2D eigenvalue weighted by Crippen LogP contribution is -2.43. The summed E-state index contributed by atoms with van der Waals surface area (Å²) in [5, 5.41) is 9.67. The van der Waals surface area contributed by atoms with E-state index in [4.69, 9.17) is 0 Å². The number of carbonyl (C=O) groups is 1. The topological polar surface area (TPSA) is 51.0 Å². The number of likely N-dealkylation sites (tertiary alicyclic amines) is 1. The van der Waals surface area contributed by atoms with Crippen molar-refractivity contribution in [3.05, 3.63) is 66.2 Å². The van der Waals surface area contributed by atoms with Crippen molar-refractivity contribution in [1.29, 1.82) is 0 Å². The lowest BCUT2D eigenvalue weighted by Gasteiger charge is -2.33. The van der Waals surface area contributed by atoms with E-state index in [1.165, 1.54) is 23.7 Å². The molecule has 1 atom stereocenters. The molecule has 0 spiro atoms. The summed E-state index contributed by atoms with van der Waals surface area (Å²) in [6.07, 6.45) is 3.41. The van der Waals surface area contributed by atoms with Gasteiger partial charge in [-0.05, 0) is 31.7 Å². The van der Waals surface area contributed by atoms with Crippen molar-refractivity contribution >= 4 is 17.7 Å². The van der Waals surface area contributed by atoms with Gasteiger partial charge in [0, 0.05) is 18.2 Å². The third-order valence-electron chi connectivity index (χ3n) is 5.38. The van der Waals surface area contributed by atoms with Gasteiger partial charge in [0.15, 0.2) is 11.0 Å². The van der Waals surface area contributed by atoms with Crippen LogP contribution in [0.15, 0.2) is 65.8 Å². The second-order valence-corrected chi connectivity index (χ2v) is 8.41. The van der Waals surface area contributed by atoms with Crippen LogP contribution in [-0.4, -0.2) is 43.9 Å². The number of aromatic nitrogens is 3. The molecular weight excluding hydrogens is 380 g/mol. The van der Waals surface area contributed by atoms with Crippen LogP contribution in [-0.2, 0) is 11.3 Å². The van der Waals surface area contributed by atoms with Crippen molar-refractivity contribution in [1.82, 2.24) is 19.7 Å². The van der Waals surface area contributed by atoms with Crippen LogP contribution in [0, 0.1) is 0 Å². The highest BCUT2D eigenvalue weighted by molar-refractivity contribution is 7.99. The Hall–Kier alpha value is -2.60. The van der Waals surface area contributed by atoms with E-state index in [1.807, 2.05) is 53.4 Å². The zero-order valence-electron chi connectivity index (χ0n) is 16.7. The highest BCUT2D eigenvalue weighted by Gasteiger charge is 2.24. The molecule has 1 aliphatic heterocycles. The van der Waals surface area contributed by atoms with Crippen molar-refractivity contribution in [2.24, 2.45) is 0 Å². The van der Waals surface area contributed by atoms with E-state index >= 15 is 0 Å². The van der Waals surface area contributed by atoms with Gasteiger partial charge in [-0.1, -0.05) is 72.4 Å². The molecule has 0 bridgehead atoms. The molecule has 1 fully saturated rings. The number of hydrogen-bond acceptors (Lipinski definition) is 4. The highest BCUT2D eigenvalue weighted by atomic mass is 32.2. The second-order valence-electron chi connectivity index (χ2n) is 7.46. The molecule has 0 N–H and O–H groups in total. The predicted octanol–water partition coefficient (Wildman–Crippen LogP) is 4.49. The Bertz CT molecular complexity index is 942. The summed E-state index contributed by atoms with van der Waals surface area (Å²) < 4.78 is 2.11. The number of carbonyl (C=O) groups excluding carboxylic acids is 1. The number of piperidine rings is 1. The Kier molecular flexibility index (Phi) is 6.30. The van der Waals surface area contributed by atoms with Crippen molar-refractivity contribution < 1.29 is 4.79 Å². The molecule has 2 heterocycles. The van der Waals surface area contributed by atoms with Gasteiger partial charge in [-0.15, -0.1) is 10.2 Å². The number of benzene rings is 2. The van der Waals surface area contributed by atoms with Crippen LogP contribution in [0.2, 0.25) is 0 Å². The van der Waals surface area contributed by atoms with Crippen LogP contribution < -0.4 is 0 Å². The monoisotopic (exact) mass is 406 g/mol. The summed E-state index contributed by atoms with van der Waals surface area (Å²) in [6.45, 7) is 3.69. The van der Waals surface area contributed by atoms with Gasteiger partial charge in [-0.2, -0.15) is 0 Å². The number of amides is 1. The number of rotatable bonds is 6. The van der Waals surface area contributed by atoms with Gasteiger partial charge >= 0.3 is 0 Å². The summed E-state index contributed by atoms with van der Waals surface area (Å²) >= 11 is 1.48. The molecule has 0 aliphatic carbocycles. The van der Waals surface area contributed by atoms with Crippen LogP contribution in [0.1, 0.15) is 31.7 Å². The first-order chi connectivity index (χ1) is 14.2. The SMILES string of the molecule is CC1CCCCN1C(=O)CSc1nnc(-c2ccccc2)n1Cc1ccccc1. The van der Waals surface area contributed by atoms with Gasteiger partial charge in [-0.3, -0.25) is 9.36 Å². The van der Waals surface area contributed by atoms with E-state index in [1.54, 1.807) is 0 Å². The molecule has 29 heavy (non-hydrogen) atoms. The maximum atomic E-state index is 12.8. The molecule has 1 aromatic heterocycles. The quantitative estimate of drug-likeness (QED) is 0.566. The molecule has 4 rings (SSSR count). The molecule has 0 radical (unpaired) electrons. The molecule has 2 aromatic carbocycles. The minimum absolute atomic E-state index is 0.192. The van der Waals surface area contributed by atoms with Crippen LogP contribution in [0.4, 0.5) is 0 Å². The molecule has 5 nitrogen and oxygen atoms in total. The third kappa shape index (κ3) is 4.70. The molecule has 6 heteroatoms. The van der Waals surface area contributed by atoms with E-state index in [2.05, 4.69) is 33.8 Å².